The third kappa shape index (κ3) is 5.70. The van der Waals surface area contributed by atoms with Crippen molar-refractivity contribution in [2.24, 2.45) is 5.73 Å². The Morgan fingerprint density at radius 1 is 1.42 bits per heavy atom. The van der Waals surface area contributed by atoms with Gasteiger partial charge in [0.2, 0.25) is 0 Å². The molecule has 1 heterocycles. The number of rotatable bonds is 5. The van der Waals surface area contributed by atoms with E-state index in [0.29, 0.717) is 18.8 Å². The van der Waals surface area contributed by atoms with Gasteiger partial charge in [-0.2, -0.15) is 0 Å². The van der Waals surface area contributed by atoms with Crippen LogP contribution in [0.5, 0.6) is 5.75 Å². The van der Waals surface area contributed by atoms with Crippen molar-refractivity contribution >= 4 is 5.97 Å². The van der Waals surface area contributed by atoms with Gasteiger partial charge in [0.05, 0.1) is 12.8 Å². The molecule has 1 aromatic heterocycles. The summed E-state index contributed by atoms with van der Waals surface area (Å²) >= 11 is 0. The van der Waals surface area contributed by atoms with E-state index < -0.39 is 17.6 Å². The highest BCUT2D eigenvalue weighted by Crippen LogP contribution is 2.14. The fourth-order valence-corrected chi connectivity index (χ4v) is 1.54. The number of carbonyl (C=O) groups excluding carboxylic acids is 1. The molecule has 0 saturated carbocycles. The van der Waals surface area contributed by atoms with Crippen LogP contribution in [-0.2, 0) is 16.0 Å². The zero-order valence-corrected chi connectivity index (χ0v) is 12.0. The van der Waals surface area contributed by atoms with Crippen LogP contribution in [0.15, 0.2) is 18.5 Å². The predicted octanol–water partition coefficient (Wildman–Crippen LogP) is 1.69. The van der Waals surface area contributed by atoms with Crippen LogP contribution in [0, 0.1) is 0 Å². The van der Waals surface area contributed by atoms with Gasteiger partial charge in [-0.1, -0.05) is 0 Å². The highest BCUT2D eigenvalue weighted by molar-refractivity contribution is 5.76. The van der Waals surface area contributed by atoms with E-state index in [1.807, 2.05) is 33.8 Å². The number of ether oxygens (including phenoxy) is 2. The summed E-state index contributed by atoms with van der Waals surface area (Å²) in [5, 5.41) is 0. The second-order valence-corrected chi connectivity index (χ2v) is 5.31. The van der Waals surface area contributed by atoms with Gasteiger partial charge >= 0.3 is 5.97 Å². The molecule has 0 saturated heterocycles. The van der Waals surface area contributed by atoms with E-state index in [4.69, 9.17) is 15.2 Å². The Balaban J connectivity index is 2.63. The van der Waals surface area contributed by atoms with E-state index in [0.717, 1.165) is 5.56 Å². The lowest BCUT2D eigenvalue weighted by Gasteiger charge is -2.22. The molecule has 0 amide bonds. The summed E-state index contributed by atoms with van der Waals surface area (Å²) in [6.45, 7) is 7.92. The van der Waals surface area contributed by atoms with E-state index in [-0.39, 0.29) is 0 Å². The molecule has 0 aliphatic rings. The summed E-state index contributed by atoms with van der Waals surface area (Å²) < 4.78 is 10.6. The van der Waals surface area contributed by atoms with Crippen LogP contribution >= 0.6 is 0 Å². The molecule has 5 heteroatoms. The summed E-state index contributed by atoms with van der Waals surface area (Å²) in [6.07, 6.45) is 3.68. The topological polar surface area (TPSA) is 74.4 Å². The van der Waals surface area contributed by atoms with Crippen molar-refractivity contribution in [1.29, 1.82) is 0 Å². The quantitative estimate of drug-likeness (QED) is 0.821. The second-order valence-electron chi connectivity index (χ2n) is 5.31. The highest BCUT2D eigenvalue weighted by atomic mass is 16.6. The SMILES string of the molecule is CCOc1cncc(C[C@H](N)C(=O)OC(C)(C)C)c1. The smallest absolute Gasteiger partial charge is 0.323 e. The van der Waals surface area contributed by atoms with Gasteiger partial charge in [0.1, 0.15) is 17.4 Å². The van der Waals surface area contributed by atoms with Crippen molar-refractivity contribution < 1.29 is 14.3 Å². The highest BCUT2D eigenvalue weighted by Gasteiger charge is 2.22. The van der Waals surface area contributed by atoms with E-state index in [1.165, 1.54) is 0 Å². The van der Waals surface area contributed by atoms with Crippen molar-refractivity contribution in [3.05, 3.63) is 24.0 Å². The largest absolute Gasteiger partial charge is 0.492 e. The molecule has 0 fully saturated rings. The lowest BCUT2D eigenvalue weighted by atomic mass is 10.1. The van der Waals surface area contributed by atoms with E-state index in [2.05, 4.69) is 4.98 Å². The van der Waals surface area contributed by atoms with Gasteiger partial charge in [0.25, 0.3) is 0 Å². The molecular weight excluding hydrogens is 244 g/mol. The molecule has 1 rings (SSSR count). The fraction of sp³-hybridized carbons (Fsp3) is 0.571. The Hall–Kier alpha value is -1.62. The Bertz CT molecular complexity index is 427. The number of hydrogen-bond donors (Lipinski definition) is 1. The van der Waals surface area contributed by atoms with Crippen molar-refractivity contribution in [2.45, 2.75) is 45.8 Å². The van der Waals surface area contributed by atoms with Gasteiger partial charge in [-0.05, 0) is 45.7 Å². The Kier molecular flexibility index (Phi) is 5.30. The molecule has 0 unspecified atom stereocenters. The van der Waals surface area contributed by atoms with Crippen LogP contribution < -0.4 is 10.5 Å². The zero-order valence-electron chi connectivity index (χ0n) is 12.0. The van der Waals surface area contributed by atoms with Gasteiger partial charge in [0, 0.05) is 6.20 Å². The van der Waals surface area contributed by atoms with Gasteiger partial charge in [-0.15, -0.1) is 0 Å². The summed E-state index contributed by atoms with van der Waals surface area (Å²) in [5.74, 6) is 0.269. The Morgan fingerprint density at radius 3 is 2.68 bits per heavy atom. The lowest BCUT2D eigenvalue weighted by molar-refractivity contribution is -0.156. The van der Waals surface area contributed by atoms with Crippen molar-refractivity contribution in [2.75, 3.05) is 6.61 Å². The first-order valence-corrected chi connectivity index (χ1v) is 6.37. The number of pyridine rings is 1. The van der Waals surface area contributed by atoms with E-state index >= 15 is 0 Å². The molecule has 1 aromatic rings. The molecule has 0 radical (unpaired) electrons. The van der Waals surface area contributed by atoms with Crippen LogP contribution in [-0.4, -0.2) is 29.2 Å². The minimum Gasteiger partial charge on any atom is -0.492 e. The lowest BCUT2D eigenvalue weighted by Crippen LogP contribution is -2.38. The minimum absolute atomic E-state index is 0.378. The van der Waals surface area contributed by atoms with Gasteiger partial charge in [0.15, 0.2) is 0 Å². The van der Waals surface area contributed by atoms with Crippen LogP contribution in [0.2, 0.25) is 0 Å². The molecule has 5 nitrogen and oxygen atoms in total. The van der Waals surface area contributed by atoms with E-state index in [9.17, 15) is 4.79 Å². The monoisotopic (exact) mass is 266 g/mol. The summed E-state index contributed by atoms with van der Waals surface area (Å²) in [6, 6.07) is 1.14. The maximum absolute atomic E-state index is 11.8. The summed E-state index contributed by atoms with van der Waals surface area (Å²) in [5.41, 5.74) is 6.16. The normalized spacial score (nSPS) is 12.9. The zero-order chi connectivity index (χ0) is 14.5. The molecule has 0 aliphatic carbocycles. The third-order valence-corrected chi connectivity index (χ3v) is 2.25. The average molecular weight is 266 g/mol. The number of nitrogens with two attached hydrogens (primary N) is 1. The van der Waals surface area contributed by atoms with Crippen molar-refractivity contribution in [3.63, 3.8) is 0 Å². The summed E-state index contributed by atoms with van der Waals surface area (Å²) in [4.78, 5) is 15.8. The van der Waals surface area contributed by atoms with Crippen molar-refractivity contribution in [3.8, 4) is 5.75 Å². The van der Waals surface area contributed by atoms with Gasteiger partial charge in [-0.3, -0.25) is 9.78 Å². The first-order valence-electron chi connectivity index (χ1n) is 6.37. The molecule has 0 bridgehead atoms. The number of aromatic nitrogens is 1. The van der Waals surface area contributed by atoms with Crippen LogP contribution in [0.4, 0.5) is 0 Å². The Morgan fingerprint density at radius 2 is 2.11 bits per heavy atom. The average Bonchev–Trinajstić information content (AvgIpc) is 2.27. The van der Waals surface area contributed by atoms with Crippen LogP contribution in [0.1, 0.15) is 33.3 Å². The predicted molar refractivity (Wildman–Crippen MR) is 72.9 cm³/mol. The molecule has 2 N–H and O–H groups in total. The fourth-order valence-electron chi connectivity index (χ4n) is 1.54. The molecule has 1 atom stereocenters. The molecule has 0 spiro atoms. The van der Waals surface area contributed by atoms with Gasteiger partial charge in [-0.25, -0.2) is 0 Å². The first-order chi connectivity index (χ1) is 8.81. The number of hydrogen-bond acceptors (Lipinski definition) is 5. The summed E-state index contributed by atoms with van der Waals surface area (Å²) in [7, 11) is 0. The standard InChI is InChI=1S/C14H22N2O3/c1-5-18-11-6-10(8-16-9-11)7-12(15)13(17)19-14(2,3)4/h6,8-9,12H,5,7,15H2,1-4H3/t12-/m0/s1. The minimum atomic E-state index is -0.696. The number of carbonyl (C=O) groups is 1. The first kappa shape index (κ1) is 15.4. The van der Waals surface area contributed by atoms with E-state index in [1.54, 1.807) is 12.4 Å². The number of esters is 1. The van der Waals surface area contributed by atoms with Crippen LogP contribution in [0.25, 0.3) is 0 Å². The third-order valence-electron chi connectivity index (χ3n) is 2.25. The van der Waals surface area contributed by atoms with Gasteiger partial charge < -0.3 is 15.2 Å². The second kappa shape index (κ2) is 6.52. The molecule has 106 valence electrons. The van der Waals surface area contributed by atoms with Crippen molar-refractivity contribution in [1.82, 2.24) is 4.98 Å². The maximum Gasteiger partial charge on any atom is 0.323 e. The molecule has 0 aromatic carbocycles. The Labute approximate surface area is 114 Å². The van der Waals surface area contributed by atoms with Crippen LogP contribution in [0.3, 0.4) is 0 Å². The number of nitrogens with zero attached hydrogens (tertiary/aromatic N) is 1. The molecular formula is C14H22N2O3. The molecule has 0 aliphatic heterocycles. The maximum atomic E-state index is 11.8. The molecule has 19 heavy (non-hydrogen) atoms.